The number of hydrogen-bond donors (Lipinski definition) is 2. The molecule has 0 saturated carbocycles. The Labute approximate surface area is 396 Å². The summed E-state index contributed by atoms with van der Waals surface area (Å²) in [6.07, 6.45) is 2.43. The van der Waals surface area contributed by atoms with Crippen LogP contribution in [0.2, 0.25) is 0 Å². The van der Waals surface area contributed by atoms with Gasteiger partial charge < -0.3 is 44.6 Å². The van der Waals surface area contributed by atoms with E-state index in [1.807, 2.05) is 0 Å². The number of pyridine rings is 1. The Morgan fingerprint density at radius 2 is 1.72 bits per heavy atom. The smallest absolute Gasteiger partial charge is 0.415 e. The highest BCUT2D eigenvalue weighted by Crippen LogP contribution is 2.41. The number of carbonyl (C=O) groups is 5. The number of nitrogens with zero attached hydrogens (tertiary/aromatic N) is 9. The molecule has 5 rings (SSSR count). The number of amides is 4. The fourth-order valence-corrected chi connectivity index (χ4v) is 8.22. The fourth-order valence-electron chi connectivity index (χ4n) is 6.45. The van der Waals surface area contributed by atoms with Crippen molar-refractivity contribution < 1.29 is 56.7 Å². The summed E-state index contributed by atoms with van der Waals surface area (Å²) in [6.45, 7) is 9.41. The number of anilines is 2. The van der Waals surface area contributed by atoms with E-state index in [9.17, 15) is 28.4 Å². The van der Waals surface area contributed by atoms with Gasteiger partial charge in [-0.05, 0) is 82.8 Å². The molecule has 3 N–H and O–H groups in total. The van der Waals surface area contributed by atoms with Gasteiger partial charge in [0.2, 0.25) is 17.9 Å². The first-order valence-corrected chi connectivity index (χ1v) is 22.7. The molecule has 24 heteroatoms. The summed E-state index contributed by atoms with van der Waals surface area (Å²) in [6, 6.07) is 9.17. The standard InChI is InChI=1S/C43H56FN11O10S2/c1-42(2,3)64-40(59)52(9)18-12-20-54(41(60)65-43(4,5)6)29-13-11-19-53(34(29)46-25-51(7)8)21-27-23-66-37-31(47-35(56)30(49-63-24-44)33-48-39(45)67-50-33)36(57)55(37)32(27)38(58)62-22-26-14-16-28(61-10)17-15-26/h11,13-17,19,25,31,37H,12,18,20-24H2,1-10H3,(H2-,45,47,48,50,56)/p+1/b49-30-. The number of oxime groups is 1. The summed E-state index contributed by atoms with van der Waals surface area (Å²) < 4.78 is 41.2. The minimum atomic E-state index is -1.35. The van der Waals surface area contributed by atoms with E-state index in [2.05, 4.69) is 24.7 Å². The maximum Gasteiger partial charge on any atom is 0.415 e. The number of carbonyl (C=O) groups excluding carboxylic acids is 5. The van der Waals surface area contributed by atoms with Gasteiger partial charge in [-0.2, -0.15) is 9.36 Å². The molecule has 67 heavy (non-hydrogen) atoms. The SMILES string of the molecule is COc1ccc(COC(=O)C2=C(C[n+]3cccc(N(CCCN(C)C(=O)OC(C)(C)C)C(=O)OC(C)(C)C)c3N=CN(C)C)CSC3C(NC(=O)/C(=N\OCF)c4nsc(N)n4)C(=O)N23)cc1. The minimum Gasteiger partial charge on any atom is -0.497 e. The molecule has 0 bridgehead atoms. The van der Waals surface area contributed by atoms with Gasteiger partial charge in [0.1, 0.15) is 52.9 Å². The zero-order valence-electron chi connectivity index (χ0n) is 39.1. The summed E-state index contributed by atoms with van der Waals surface area (Å²) in [5.41, 5.74) is 5.05. The Bertz CT molecular complexity index is 2380. The Morgan fingerprint density at radius 3 is 2.33 bits per heavy atom. The number of benzene rings is 1. The molecule has 1 fully saturated rings. The van der Waals surface area contributed by atoms with Crippen molar-refractivity contribution in [3.63, 3.8) is 0 Å². The molecule has 0 spiro atoms. The van der Waals surface area contributed by atoms with Crippen molar-refractivity contribution in [2.75, 3.05) is 64.6 Å². The first kappa shape index (κ1) is 51.4. The predicted molar refractivity (Wildman–Crippen MR) is 248 cm³/mol. The Balaban J connectivity index is 1.52. The average molecular weight is 971 g/mol. The normalized spacial score (nSPS) is 16.2. The van der Waals surface area contributed by atoms with Gasteiger partial charge in [-0.3, -0.25) is 19.4 Å². The van der Waals surface area contributed by atoms with E-state index in [0.29, 0.717) is 34.8 Å². The Kier molecular flexibility index (Phi) is 17.1. The minimum absolute atomic E-state index is 0.0135. The van der Waals surface area contributed by atoms with E-state index < -0.39 is 65.2 Å². The van der Waals surface area contributed by atoms with Crippen LogP contribution in [0.1, 0.15) is 59.4 Å². The third-order valence-electron chi connectivity index (χ3n) is 9.41. The topological polar surface area (TPSA) is 237 Å². The van der Waals surface area contributed by atoms with Crippen molar-refractivity contribution in [3.05, 3.63) is 65.3 Å². The second-order valence-electron chi connectivity index (χ2n) is 17.3. The third kappa shape index (κ3) is 13.7. The molecule has 1 saturated heterocycles. The molecule has 4 heterocycles. The highest BCUT2D eigenvalue weighted by Gasteiger charge is 2.55. The number of nitrogens with two attached hydrogens (primary N) is 1. The van der Waals surface area contributed by atoms with Crippen LogP contribution in [-0.2, 0) is 46.6 Å². The molecule has 21 nitrogen and oxygen atoms in total. The highest BCUT2D eigenvalue weighted by atomic mass is 32.2. The number of esters is 1. The molecule has 3 aromatic rings. The Morgan fingerprint density at radius 1 is 1.03 bits per heavy atom. The lowest BCUT2D eigenvalue weighted by atomic mass is 10.0. The van der Waals surface area contributed by atoms with E-state index in [1.54, 1.807) is 121 Å². The van der Waals surface area contributed by atoms with Gasteiger partial charge in [-0.15, -0.1) is 11.8 Å². The molecule has 2 aliphatic heterocycles. The number of ether oxygens (including phenoxy) is 4. The van der Waals surface area contributed by atoms with Crippen LogP contribution >= 0.6 is 23.3 Å². The van der Waals surface area contributed by atoms with Crippen LogP contribution < -0.4 is 25.3 Å². The van der Waals surface area contributed by atoms with Crippen molar-refractivity contribution in [3.8, 4) is 5.75 Å². The monoisotopic (exact) mass is 970 g/mol. The lowest BCUT2D eigenvalue weighted by Crippen LogP contribution is -2.71. The van der Waals surface area contributed by atoms with Gasteiger partial charge in [0.25, 0.3) is 18.7 Å². The second-order valence-corrected chi connectivity index (χ2v) is 19.2. The second kappa shape index (κ2) is 22.3. The number of fused-ring (bicyclic) bond motifs is 1. The first-order valence-electron chi connectivity index (χ1n) is 20.9. The summed E-state index contributed by atoms with van der Waals surface area (Å²) in [4.78, 5) is 87.9. The summed E-state index contributed by atoms with van der Waals surface area (Å²) >= 11 is 2.05. The molecule has 0 radical (unpaired) electrons. The van der Waals surface area contributed by atoms with Gasteiger partial charge in [0, 0.05) is 57.1 Å². The maximum atomic E-state index is 14.3. The van der Waals surface area contributed by atoms with Gasteiger partial charge in [-0.1, -0.05) is 17.3 Å². The number of nitrogens with one attached hydrogen (secondary N) is 1. The Hall–Kier alpha value is -6.56. The van der Waals surface area contributed by atoms with Crippen LogP contribution in [0.3, 0.4) is 0 Å². The number of aromatic nitrogens is 3. The van der Waals surface area contributed by atoms with E-state index in [-0.39, 0.29) is 48.6 Å². The number of hydrogen-bond acceptors (Lipinski definition) is 17. The number of halogens is 1. The van der Waals surface area contributed by atoms with Crippen LogP contribution in [0.4, 0.5) is 30.6 Å². The average Bonchev–Trinajstić information content (AvgIpc) is 3.69. The largest absolute Gasteiger partial charge is 0.497 e. The zero-order chi connectivity index (χ0) is 49.2. The van der Waals surface area contributed by atoms with Crippen LogP contribution in [0.5, 0.6) is 5.75 Å². The summed E-state index contributed by atoms with van der Waals surface area (Å²) in [5.74, 6) is -1.55. The molecular weight excluding hydrogens is 914 g/mol. The quantitative estimate of drug-likeness (QED) is 0.0342. The van der Waals surface area contributed by atoms with Gasteiger partial charge in [0.05, 0.1) is 13.3 Å². The zero-order valence-corrected chi connectivity index (χ0v) is 40.7. The number of nitrogen functional groups attached to an aromatic ring is 1. The molecule has 4 amide bonds. The number of methoxy groups -OCH3 is 1. The molecule has 2 aromatic heterocycles. The third-order valence-corrected chi connectivity index (χ3v) is 11.3. The molecule has 362 valence electrons. The highest BCUT2D eigenvalue weighted by molar-refractivity contribution is 8.00. The van der Waals surface area contributed by atoms with E-state index >= 15 is 0 Å². The van der Waals surface area contributed by atoms with Crippen LogP contribution in [0.15, 0.2) is 64.0 Å². The molecule has 1 aromatic carbocycles. The summed E-state index contributed by atoms with van der Waals surface area (Å²) in [5, 5.41) is 5.35. The van der Waals surface area contributed by atoms with E-state index in [4.69, 9.17) is 29.7 Å². The number of alkyl halides is 1. The maximum absolute atomic E-state index is 14.3. The van der Waals surface area contributed by atoms with Crippen molar-refractivity contribution in [2.24, 2.45) is 10.1 Å². The lowest BCUT2D eigenvalue weighted by molar-refractivity contribution is -0.675. The van der Waals surface area contributed by atoms with Gasteiger partial charge in [-0.25, -0.2) is 23.3 Å². The molecule has 0 aliphatic carbocycles. The first-order chi connectivity index (χ1) is 31.6. The number of aliphatic imine (C=N–C) groups is 1. The number of β-lactam (4-membered cyclic amide) rings is 1. The van der Waals surface area contributed by atoms with Crippen LogP contribution in [0.25, 0.3) is 0 Å². The number of rotatable bonds is 18. The number of thioether (sulfide) groups is 1. The fraction of sp³-hybridized carbons (Fsp3) is 0.488. The molecule has 2 atom stereocenters. The summed E-state index contributed by atoms with van der Waals surface area (Å²) in [7, 11) is 6.71. The van der Waals surface area contributed by atoms with Gasteiger partial charge in [0.15, 0.2) is 5.13 Å². The van der Waals surface area contributed by atoms with Crippen LogP contribution in [-0.4, -0.2) is 143 Å². The van der Waals surface area contributed by atoms with Crippen molar-refractivity contribution in [1.82, 2.24) is 29.4 Å². The van der Waals surface area contributed by atoms with E-state index in [1.165, 1.54) is 33.6 Å². The molecule has 2 unspecified atom stereocenters. The van der Waals surface area contributed by atoms with Crippen molar-refractivity contribution in [1.29, 1.82) is 0 Å². The van der Waals surface area contributed by atoms with E-state index in [0.717, 1.165) is 11.5 Å². The molecular formula is C43H57FN11O10S2+. The van der Waals surface area contributed by atoms with Gasteiger partial charge >= 0.3 is 24.0 Å². The van der Waals surface area contributed by atoms with Crippen molar-refractivity contribution >= 4 is 82.0 Å². The lowest BCUT2D eigenvalue weighted by Gasteiger charge is -2.49. The predicted octanol–water partition coefficient (Wildman–Crippen LogP) is 4.38. The molecule has 2 aliphatic rings. The van der Waals surface area contributed by atoms with Crippen molar-refractivity contribution in [2.45, 2.75) is 83.7 Å². The van der Waals surface area contributed by atoms with Crippen LogP contribution in [0, 0.1) is 0 Å².